The van der Waals surface area contributed by atoms with E-state index in [1.807, 2.05) is 25.1 Å². The molecule has 0 amide bonds. The summed E-state index contributed by atoms with van der Waals surface area (Å²) in [7, 11) is 10.1. The van der Waals surface area contributed by atoms with Gasteiger partial charge < -0.3 is 23.8 Å². The lowest BCUT2D eigenvalue weighted by molar-refractivity contribution is 0.103. The first-order chi connectivity index (χ1) is 13.4. The molecule has 0 aliphatic carbocycles. The quantitative estimate of drug-likeness (QED) is 0.504. The Kier molecular flexibility index (Phi) is 6.93. The number of carbonyl (C=O) groups excluding carboxylic acids is 1. The van der Waals surface area contributed by atoms with Crippen LogP contribution in [0.1, 0.15) is 22.8 Å². The van der Waals surface area contributed by atoms with E-state index in [-0.39, 0.29) is 5.78 Å². The van der Waals surface area contributed by atoms with Crippen molar-refractivity contribution in [3.05, 3.63) is 47.0 Å². The van der Waals surface area contributed by atoms with Crippen LogP contribution in [-0.2, 0) is 0 Å². The van der Waals surface area contributed by atoms with E-state index >= 15 is 0 Å². The Morgan fingerprint density at radius 1 is 0.893 bits per heavy atom. The molecule has 0 aliphatic heterocycles. The van der Waals surface area contributed by atoms with Gasteiger partial charge in [0.25, 0.3) is 0 Å². The predicted octanol–water partition coefficient (Wildman–Crippen LogP) is 4.07. The molecule has 0 fully saturated rings. The van der Waals surface area contributed by atoms with Gasteiger partial charge in [0.1, 0.15) is 11.5 Å². The molecule has 0 aromatic heterocycles. The average molecular weight is 385 g/mol. The highest BCUT2D eigenvalue weighted by atomic mass is 16.5. The normalized spacial score (nSPS) is 11.0. The number of rotatable bonds is 8. The maximum Gasteiger partial charge on any atom is 0.188 e. The molecule has 6 heteroatoms. The number of anilines is 1. The summed E-state index contributed by atoms with van der Waals surface area (Å²) in [6.45, 7) is 1.77. The van der Waals surface area contributed by atoms with Crippen molar-refractivity contribution >= 4 is 17.5 Å². The van der Waals surface area contributed by atoms with Gasteiger partial charge in [-0.15, -0.1) is 0 Å². The number of allylic oxidation sites excluding steroid dienone is 1. The average Bonchev–Trinajstić information content (AvgIpc) is 2.71. The Morgan fingerprint density at radius 3 is 2.11 bits per heavy atom. The summed E-state index contributed by atoms with van der Waals surface area (Å²) in [5.74, 6) is 2.31. The van der Waals surface area contributed by atoms with Crippen molar-refractivity contribution in [2.75, 3.05) is 47.4 Å². The van der Waals surface area contributed by atoms with E-state index in [9.17, 15) is 4.79 Å². The number of hydrogen-bond acceptors (Lipinski definition) is 6. The van der Waals surface area contributed by atoms with Crippen LogP contribution in [-0.4, -0.2) is 48.3 Å². The first-order valence-corrected chi connectivity index (χ1v) is 8.74. The molecule has 2 aromatic carbocycles. The number of carbonyl (C=O) groups is 1. The molecule has 0 spiro atoms. The number of Topliss-reactive ketones (excluding diaryl/α,β-unsaturated/α-hetero) is 1. The summed E-state index contributed by atoms with van der Waals surface area (Å²) in [5, 5.41) is 0. The predicted molar refractivity (Wildman–Crippen MR) is 111 cm³/mol. The fourth-order valence-corrected chi connectivity index (χ4v) is 2.90. The zero-order chi connectivity index (χ0) is 20.8. The molecule has 6 nitrogen and oxygen atoms in total. The minimum absolute atomic E-state index is 0.0883. The molecule has 0 saturated heterocycles. The highest BCUT2D eigenvalue weighted by Crippen LogP contribution is 2.37. The number of nitrogens with zero attached hydrogens (tertiary/aromatic N) is 1. The second kappa shape index (κ2) is 9.17. The number of methoxy groups -OCH3 is 4. The summed E-state index contributed by atoms with van der Waals surface area (Å²) >= 11 is 0. The third-order valence-electron chi connectivity index (χ3n) is 4.37. The summed E-state index contributed by atoms with van der Waals surface area (Å²) in [6, 6.07) is 8.92. The largest absolute Gasteiger partial charge is 0.497 e. The molecular formula is C22H27NO5. The lowest BCUT2D eigenvalue weighted by atomic mass is 10.0. The van der Waals surface area contributed by atoms with Gasteiger partial charge in [0.2, 0.25) is 0 Å². The third kappa shape index (κ3) is 4.39. The number of ether oxygens (including phenoxy) is 4. The molecule has 0 aliphatic rings. The van der Waals surface area contributed by atoms with Crippen LogP contribution < -0.4 is 23.8 Å². The monoisotopic (exact) mass is 385 g/mol. The molecule has 0 atom stereocenters. The highest BCUT2D eigenvalue weighted by molar-refractivity contribution is 6.11. The zero-order valence-electron chi connectivity index (χ0n) is 17.5. The topological polar surface area (TPSA) is 57.2 Å². The molecule has 2 rings (SSSR count). The van der Waals surface area contributed by atoms with E-state index in [1.165, 1.54) is 0 Å². The van der Waals surface area contributed by atoms with Crippen LogP contribution in [0.4, 0.5) is 5.69 Å². The van der Waals surface area contributed by atoms with Gasteiger partial charge in [-0.25, -0.2) is 0 Å². The van der Waals surface area contributed by atoms with Crippen LogP contribution in [0.5, 0.6) is 23.0 Å². The van der Waals surface area contributed by atoms with E-state index in [1.54, 1.807) is 65.7 Å². The van der Waals surface area contributed by atoms with Crippen molar-refractivity contribution in [1.29, 1.82) is 0 Å². The third-order valence-corrected chi connectivity index (χ3v) is 4.37. The lowest BCUT2D eigenvalue weighted by Gasteiger charge is -2.17. The summed E-state index contributed by atoms with van der Waals surface area (Å²) in [4.78, 5) is 14.9. The lowest BCUT2D eigenvalue weighted by Crippen LogP contribution is -2.11. The van der Waals surface area contributed by atoms with Crippen LogP contribution in [0.2, 0.25) is 0 Å². The molecular weight excluding hydrogens is 358 g/mol. The van der Waals surface area contributed by atoms with Gasteiger partial charge in [0, 0.05) is 31.3 Å². The van der Waals surface area contributed by atoms with Crippen molar-refractivity contribution in [2.45, 2.75) is 6.92 Å². The first kappa shape index (κ1) is 21.2. The van der Waals surface area contributed by atoms with Crippen molar-refractivity contribution in [3.63, 3.8) is 0 Å². The molecule has 28 heavy (non-hydrogen) atoms. The molecule has 0 radical (unpaired) electrons. The molecule has 0 N–H and O–H groups in total. The first-order valence-electron chi connectivity index (χ1n) is 8.74. The molecule has 0 unspecified atom stereocenters. The van der Waals surface area contributed by atoms with E-state index < -0.39 is 0 Å². The van der Waals surface area contributed by atoms with Crippen LogP contribution in [0.15, 0.2) is 35.9 Å². The van der Waals surface area contributed by atoms with Gasteiger partial charge in [0.15, 0.2) is 17.3 Å². The summed E-state index contributed by atoms with van der Waals surface area (Å²) in [6.07, 6.45) is 1.77. The fourth-order valence-electron chi connectivity index (χ4n) is 2.90. The number of ketones is 1. The molecule has 0 saturated carbocycles. The van der Waals surface area contributed by atoms with Crippen molar-refractivity contribution < 1.29 is 23.7 Å². The number of benzene rings is 2. The zero-order valence-corrected chi connectivity index (χ0v) is 17.5. The maximum absolute atomic E-state index is 13.0. The van der Waals surface area contributed by atoms with Crippen LogP contribution in [0.3, 0.4) is 0 Å². The van der Waals surface area contributed by atoms with Crippen molar-refractivity contribution in [2.24, 2.45) is 0 Å². The van der Waals surface area contributed by atoms with Crippen LogP contribution >= 0.6 is 0 Å². The van der Waals surface area contributed by atoms with E-state index in [4.69, 9.17) is 18.9 Å². The Morgan fingerprint density at radius 2 is 1.57 bits per heavy atom. The van der Waals surface area contributed by atoms with Crippen molar-refractivity contribution in [3.8, 4) is 23.0 Å². The SMILES string of the molecule is COc1cc(/C=C(\C)C(=O)c2ccc(OC)c(N(C)C)c2)c(OC)c(OC)c1. The minimum Gasteiger partial charge on any atom is -0.497 e. The molecule has 0 bridgehead atoms. The fraction of sp³-hybridized carbons (Fsp3) is 0.318. The van der Waals surface area contributed by atoms with Crippen LogP contribution in [0.25, 0.3) is 6.08 Å². The number of hydrogen-bond donors (Lipinski definition) is 0. The van der Waals surface area contributed by atoms with Gasteiger partial charge in [-0.2, -0.15) is 0 Å². The summed E-state index contributed by atoms with van der Waals surface area (Å²) in [5.41, 5.74) is 2.67. The van der Waals surface area contributed by atoms with Gasteiger partial charge in [-0.05, 0) is 42.8 Å². The second-order valence-corrected chi connectivity index (χ2v) is 6.39. The highest BCUT2D eigenvalue weighted by Gasteiger charge is 2.16. The molecule has 150 valence electrons. The molecule has 2 aromatic rings. The Balaban J connectivity index is 2.48. The Labute approximate surface area is 166 Å². The summed E-state index contributed by atoms with van der Waals surface area (Å²) < 4.78 is 21.5. The van der Waals surface area contributed by atoms with E-state index in [0.717, 1.165) is 5.69 Å². The van der Waals surface area contributed by atoms with Crippen LogP contribution in [0, 0.1) is 0 Å². The second-order valence-electron chi connectivity index (χ2n) is 6.39. The van der Waals surface area contributed by atoms with Gasteiger partial charge in [-0.1, -0.05) is 0 Å². The smallest absolute Gasteiger partial charge is 0.188 e. The van der Waals surface area contributed by atoms with E-state index in [2.05, 4.69) is 0 Å². The Hall–Kier alpha value is -3.15. The van der Waals surface area contributed by atoms with Crippen molar-refractivity contribution in [1.82, 2.24) is 0 Å². The van der Waals surface area contributed by atoms with Gasteiger partial charge in [0.05, 0.1) is 34.1 Å². The maximum atomic E-state index is 13.0. The van der Waals surface area contributed by atoms with Gasteiger partial charge >= 0.3 is 0 Å². The Bertz CT molecular complexity index is 887. The minimum atomic E-state index is -0.0883. The molecule has 0 heterocycles. The van der Waals surface area contributed by atoms with Gasteiger partial charge in [-0.3, -0.25) is 4.79 Å². The van der Waals surface area contributed by atoms with E-state index in [0.29, 0.717) is 39.7 Å². The standard InChI is InChI=1S/C22H27NO5/c1-14(10-16-11-17(25-4)13-20(27-6)22(16)28-7)21(24)15-8-9-19(26-5)18(12-15)23(2)3/h8-13H,1-7H3/b14-10+.